The molecule has 0 atom stereocenters. The first kappa shape index (κ1) is 15.3. The maximum atomic E-state index is 11.1. The highest BCUT2D eigenvalue weighted by Gasteiger charge is 2.05. The first-order valence-corrected chi connectivity index (χ1v) is 7.95. The number of ether oxygens (including phenoxy) is 1. The zero-order valence-corrected chi connectivity index (χ0v) is 12.5. The summed E-state index contributed by atoms with van der Waals surface area (Å²) in [7, 11) is 0. The number of unbranched alkanes of at least 4 members (excludes halogenated alkanes) is 2. The van der Waals surface area contributed by atoms with E-state index in [1.807, 2.05) is 13.8 Å². The molecule has 1 rings (SSSR count). The van der Waals surface area contributed by atoms with Gasteiger partial charge in [-0.3, -0.25) is 4.79 Å². The average molecular weight is 288 g/mol. The Labute approximate surface area is 116 Å². The molecule has 0 fully saturated rings. The van der Waals surface area contributed by atoms with E-state index in [2.05, 4.69) is 4.98 Å². The molecule has 0 saturated carbocycles. The van der Waals surface area contributed by atoms with Crippen molar-refractivity contribution in [2.45, 2.75) is 43.7 Å². The van der Waals surface area contributed by atoms with Crippen molar-refractivity contribution in [3.63, 3.8) is 0 Å². The van der Waals surface area contributed by atoms with Crippen molar-refractivity contribution < 1.29 is 9.53 Å². The van der Waals surface area contributed by atoms with Gasteiger partial charge in [0.2, 0.25) is 0 Å². The van der Waals surface area contributed by atoms with Crippen LogP contribution in [0, 0.1) is 6.92 Å². The first-order chi connectivity index (χ1) is 8.63. The molecule has 1 heterocycles. The Morgan fingerprint density at radius 1 is 1.44 bits per heavy atom. The van der Waals surface area contributed by atoms with Crippen LogP contribution in [0.5, 0.6) is 0 Å². The monoisotopic (exact) mass is 288 g/mol. The van der Waals surface area contributed by atoms with Crippen molar-refractivity contribution in [2.24, 2.45) is 0 Å². The summed E-state index contributed by atoms with van der Waals surface area (Å²) in [6, 6.07) is 0. The van der Waals surface area contributed by atoms with Gasteiger partial charge < -0.3 is 10.5 Å². The van der Waals surface area contributed by atoms with Gasteiger partial charge in [-0.1, -0.05) is 17.8 Å². The summed E-state index contributed by atoms with van der Waals surface area (Å²) in [6.07, 6.45) is 3.59. The van der Waals surface area contributed by atoms with Crippen molar-refractivity contribution >= 4 is 34.2 Å². The number of nitrogen functional groups attached to an aromatic ring is 1. The number of rotatable bonds is 8. The zero-order valence-electron chi connectivity index (χ0n) is 10.9. The zero-order chi connectivity index (χ0) is 13.4. The Hall–Kier alpha value is -0.750. The number of aromatic nitrogens is 1. The van der Waals surface area contributed by atoms with Crippen molar-refractivity contribution in [1.82, 2.24) is 4.98 Å². The summed E-state index contributed by atoms with van der Waals surface area (Å²) in [5.41, 5.74) is 6.66. The summed E-state index contributed by atoms with van der Waals surface area (Å²) in [5.74, 6) is 0.960. The van der Waals surface area contributed by atoms with E-state index >= 15 is 0 Å². The van der Waals surface area contributed by atoms with Gasteiger partial charge in [-0.15, -0.1) is 11.8 Å². The Morgan fingerprint density at radius 3 is 2.83 bits per heavy atom. The molecular weight excluding hydrogens is 268 g/mol. The minimum Gasteiger partial charge on any atom is -0.466 e. The molecule has 0 spiro atoms. The molecule has 6 heteroatoms. The van der Waals surface area contributed by atoms with Gasteiger partial charge in [-0.05, 0) is 32.4 Å². The maximum Gasteiger partial charge on any atom is 0.305 e. The molecule has 0 unspecified atom stereocenters. The Balaban J connectivity index is 2.05. The molecule has 4 nitrogen and oxygen atoms in total. The van der Waals surface area contributed by atoms with Crippen LogP contribution in [0.4, 0.5) is 5.13 Å². The smallest absolute Gasteiger partial charge is 0.305 e. The van der Waals surface area contributed by atoms with Gasteiger partial charge in [0.15, 0.2) is 5.13 Å². The number of carbonyl (C=O) groups excluding carboxylic acids is 1. The number of thioether (sulfide) groups is 1. The predicted molar refractivity (Wildman–Crippen MR) is 77.1 cm³/mol. The summed E-state index contributed by atoms with van der Waals surface area (Å²) >= 11 is 3.34. The third kappa shape index (κ3) is 5.73. The quantitative estimate of drug-likeness (QED) is 0.452. The molecule has 18 heavy (non-hydrogen) atoms. The fourth-order valence-electron chi connectivity index (χ4n) is 1.48. The Kier molecular flexibility index (Phi) is 7.12. The number of nitrogens with zero attached hydrogens (tertiary/aromatic N) is 1. The highest BCUT2D eigenvalue weighted by Crippen LogP contribution is 2.31. The molecule has 0 bridgehead atoms. The lowest BCUT2D eigenvalue weighted by Gasteiger charge is -2.02. The van der Waals surface area contributed by atoms with Crippen LogP contribution in [0.15, 0.2) is 4.21 Å². The number of anilines is 1. The van der Waals surface area contributed by atoms with Crippen LogP contribution in [-0.2, 0) is 9.53 Å². The van der Waals surface area contributed by atoms with E-state index in [1.165, 1.54) is 4.21 Å². The fourth-order valence-corrected chi connectivity index (χ4v) is 3.58. The van der Waals surface area contributed by atoms with Gasteiger partial charge in [0.05, 0.1) is 16.5 Å². The molecule has 0 aliphatic carbocycles. The van der Waals surface area contributed by atoms with Crippen LogP contribution in [0.3, 0.4) is 0 Å². The van der Waals surface area contributed by atoms with Gasteiger partial charge in [-0.25, -0.2) is 4.98 Å². The van der Waals surface area contributed by atoms with Gasteiger partial charge in [0.1, 0.15) is 0 Å². The standard InChI is InChI=1S/C12H20N2O2S2/c1-3-16-10(15)7-5-4-6-8-17-11-9(2)14-12(13)18-11/h3-8H2,1-2H3,(H2,13,14). The second-order valence-electron chi connectivity index (χ2n) is 3.89. The second kappa shape index (κ2) is 8.37. The SMILES string of the molecule is CCOC(=O)CCCCCSc1sc(N)nc1C. The molecule has 102 valence electrons. The first-order valence-electron chi connectivity index (χ1n) is 6.14. The average Bonchev–Trinajstić information content (AvgIpc) is 2.62. The van der Waals surface area contributed by atoms with Crippen LogP contribution in [0.2, 0.25) is 0 Å². The highest BCUT2D eigenvalue weighted by atomic mass is 32.2. The van der Waals surface area contributed by atoms with Crippen LogP contribution < -0.4 is 5.73 Å². The second-order valence-corrected chi connectivity index (χ2v) is 6.28. The van der Waals surface area contributed by atoms with E-state index in [4.69, 9.17) is 10.5 Å². The lowest BCUT2D eigenvalue weighted by atomic mass is 10.2. The molecule has 0 aliphatic rings. The number of thiazole rings is 1. The number of aryl methyl sites for hydroxylation is 1. The molecule has 1 aromatic rings. The van der Waals surface area contributed by atoms with E-state index in [0.717, 1.165) is 30.7 Å². The number of esters is 1. The van der Waals surface area contributed by atoms with Gasteiger partial charge in [0, 0.05) is 6.42 Å². The topological polar surface area (TPSA) is 65.2 Å². The molecule has 0 radical (unpaired) electrons. The molecule has 2 N–H and O–H groups in total. The van der Waals surface area contributed by atoms with Gasteiger partial charge in [-0.2, -0.15) is 0 Å². The van der Waals surface area contributed by atoms with Crippen molar-refractivity contribution in [3.8, 4) is 0 Å². The Morgan fingerprint density at radius 2 is 2.22 bits per heavy atom. The van der Waals surface area contributed by atoms with Crippen molar-refractivity contribution in [1.29, 1.82) is 0 Å². The summed E-state index contributed by atoms with van der Waals surface area (Å²) in [6.45, 7) is 4.29. The van der Waals surface area contributed by atoms with Gasteiger partial charge in [0.25, 0.3) is 0 Å². The van der Waals surface area contributed by atoms with E-state index < -0.39 is 0 Å². The van der Waals surface area contributed by atoms with Crippen LogP contribution in [0.1, 0.15) is 38.3 Å². The van der Waals surface area contributed by atoms with Crippen LogP contribution in [-0.4, -0.2) is 23.3 Å². The lowest BCUT2D eigenvalue weighted by molar-refractivity contribution is -0.143. The summed E-state index contributed by atoms with van der Waals surface area (Å²) in [4.78, 5) is 15.3. The number of nitrogens with two attached hydrogens (primary N) is 1. The van der Waals surface area contributed by atoms with Crippen LogP contribution >= 0.6 is 23.1 Å². The minimum absolute atomic E-state index is 0.0868. The van der Waals surface area contributed by atoms with Crippen molar-refractivity contribution in [2.75, 3.05) is 18.1 Å². The largest absolute Gasteiger partial charge is 0.466 e. The summed E-state index contributed by atoms with van der Waals surface area (Å²) < 4.78 is 6.08. The van der Waals surface area contributed by atoms with E-state index in [1.54, 1.807) is 23.1 Å². The van der Waals surface area contributed by atoms with E-state index in [0.29, 0.717) is 18.2 Å². The fraction of sp³-hybridized carbons (Fsp3) is 0.667. The van der Waals surface area contributed by atoms with E-state index in [9.17, 15) is 4.79 Å². The van der Waals surface area contributed by atoms with Crippen molar-refractivity contribution in [3.05, 3.63) is 5.69 Å². The molecule has 0 aromatic carbocycles. The predicted octanol–water partition coefficient (Wildman–Crippen LogP) is 3.25. The maximum absolute atomic E-state index is 11.1. The third-order valence-corrected chi connectivity index (χ3v) is 4.77. The summed E-state index contributed by atoms with van der Waals surface area (Å²) in [5, 5.41) is 0.636. The Bertz CT molecular complexity index is 380. The molecule has 0 amide bonds. The van der Waals surface area contributed by atoms with E-state index in [-0.39, 0.29) is 5.97 Å². The number of hydrogen-bond donors (Lipinski definition) is 1. The van der Waals surface area contributed by atoms with Crippen LogP contribution in [0.25, 0.3) is 0 Å². The highest BCUT2D eigenvalue weighted by molar-refractivity contribution is 8.01. The lowest BCUT2D eigenvalue weighted by Crippen LogP contribution is -2.03. The molecular formula is C12H20N2O2S2. The molecule has 0 saturated heterocycles. The number of hydrogen-bond acceptors (Lipinski definition) is 6. The van der Waals surface area contributed by atoms with Gasteiger partial charge >= 0.3 is 5.97 Å². The molecule has 1 aromatic heterocycles. The molecule has 0 aliphatic heterocycles. The minimum atomic E-state index is -0.0868. The third-order valence-electron chi connectivity index (χ3n) is 2.33. The normalized spacial score (nSPS) is 10.6. The number of carbonyl (C=O) groups is 1.